The molecule has 11 heteroatoms. The fourth-order valence-electron chi connectivity index (χ4n) is 1.49. The fraction of sp³-hybridized carbons (Fsp3) is 0.364. The Morgan fingerprint density at radius 1 is 1.36 bits per heavy atom. The van der Waals surface area contributed by atoms with Gasteiger partial charge in [0.15, 0.2) is 0 Å². The highest BCUT2D eigenvalue weighted by molar-refractivity contribution is 7.15. The summed E-state index contributed by atoms with van der Waals surface area (Å²) in [5.74, 6) is -0.769. The highest BCUT2D eigenvalue weighted by Gasteiger charge is 2.35. The number of hydrogen-bond acceptors (Lipinski definition) is 6. The normalized spacial score (nSPS) is 11.5. The van der Waals surface area contributed by atoms with Crippen LogP contribution >= 0.6 is 11.3 Å². The summed E-state index contributed by atoms with van der Waals surface area (Å²) in [6.45, 7) is 2.16. The van der Waals surface area contributed by atoms with E-state index in [0.29, 0.717) is 13.0 Å². The van der Waals surface area contributed by atoms with Crippen molar-refractivity contribution in [1.29, 1.82) is 0 Å². The van der Waals surface area contributed by atoms with Gasteiger partial charge in [0.05, 0.1) is 0 Å². The molecule has 2 aromatic heterocycles. The van der Waals surface area contributed by atoms with Crippen molar-refractivity contribution in [1.82, 2.24) is 20.0 Å². The van der Waals surface area contributed by atoms with Crippen molar-refractivity contribution in [2.75, 3.05) is 5.32 Å². The van der Waals surface area contributed by atoms with Gasteiger partial charge in [0.2, 0.25) is 10.1 Å². The number of aromatic nitrogens is 4. The maximum absolute atomic E-state index is 12.4. The van der Waals surface area contributed by atoms with Crippen LogP contribution in [0.3, 0.4) is 0 Å². The van der Waals surface area contributed by atoms with Gasteiger partial charge in [-0.3, -0.25) is 14.9 Å². The van der Waals surface area contributed by atoms with Crippen molar-refractivity contribution in [3.8, 4) is 0 Å². The SMILES string of the molecule is CCCn1nc(C(=O)Nc2nnc(C(F)(F)F)s2)ccc1=O. The maximum atomic E-state index is 12.4. The molecule has 0 saturated heterocycles. The van der Waals surface area contributed by atoms with Crippen molar-refractivity contribution >= 4 is 22.4 Å². The molecule has 0 fully saturated rings. The Kier molecular flexibility index (Phi) is 4.54. The Hall–Kier alpha value is -2.30. The van der Waals surface area contributed by atoms with E-state index >= 15 is 0 Å². The molecule has 0 aliphatic carbocycles. The van der Waals surface area contributed by atoms with Crippen molar-refractivity contribution < 1.29 is 18.0 Å². The van der Waals surface area contributed by atoms with Crippen LogP contribution < -0.4 is 10.9 Å². The number of nitrogens with one attached hydrogen (secondary N) is 1. The molecule has 118 valence electrons. The molecule has 0 atom stereocenters. The van der Waals surface area contributed by atoms with Crippen molar-refractivity contribution in [3.63, 3.8) is 0 Å². The Bertz CT molecular complexity index is 740. The van der Waals surface area contributed by atoms with Crippen LogP contribution in [0.4, 0.5) is 18.3 Å². The Morgan fingerprint density at radius 3 is 2.68 bits per heavy atom. The second-order valence-corrected chi connectivity index (χ2v) is 5.12. The van der Waals surface area contributed by atoms with Crippen LogP contribution in [0, 0.1) is 0 Å². The minimum Gasteiger partial charge on any atom is -0.295 e. The third-order valence-electron chi connectivity index (χ3n) is 2.42. The minimum atomic E-state index is -4.62. The molecule has 1 N–H and O–H groups in total. The number of aryl methyl sites for hydroxylation is 1. The van der Waals surface area contributed by atoms with Gasteiger partial charge in [-0.05, 0) is 12.5 Å². The van der Waals surface area contributed by atoms with Crippen molar-refractivity contribution in [3.05, 3.63) is 33.2 Å². The molecule has 0 bridgehead atoms. The van der Waals surface area contributed by atoms with E-state index in [2.05, 4.69) is 20.6 Å². The summed E-state index contributed by atoms with van der Waals surface area (Å²) in [5, 5.41) is 10.7. The lowest BCUT2D eigenvalue weighted by molar-refractivity contribution is -0.138. The van der Waals surface area contributed by atoms with Crippen LogP contribution in [0.25, 0.3) is 0 Å². The van der Waals surface area contributed by atoms with E-state index in [1.165, 1.54) is 12.1 Å². The molecule has 7 nitrogen and oxygen atoms in total. The van der Waals surface area contributed by atoms with Gasteiger partial charge >= 0.3 is 6.18 Å². The first kappa shape index (κ1) is 16.1. The summed E-state index contributed by atoms with van der Waals surface area (Å²) >= 11 is 0.205. The number of halogens is 3. The molecule has 2 aromatic rings. The fourth-order valence-corrected chi connectivity index (χ4v) is 2.10. The van der Waals surface area contributed by atoms with Gasteiger partial charge in [0.1, 0.15) is 5.69 Å². The first-order chi connectivity index (χ1) is 10.3. The monoisotopic (exact) mass is 333 g/mol. The van der Waals surface area contributed by atoms with E-state index in [9.17, 15) is 22.8 Å². The number of anilines is 1. The molecule has 2 heterocycles. The van der Waals surface area contributed by atoms with E-state index in [1.807, 2.05) is 6.92 Å². The van der Waals surface area contributed by atoms with Crippen LogP contribution in [-0.4, -0.2) is 25.9 Å². The largest absolute Gasteiger partial charge is 0.445 e. The van der Waals surface area contributed by atoms with Crippen LogP contribution in [0.5, 0.6) is 0 Å². The third kappa shape index (κ3) is 3.67. The quantitative estimate of drug-likeness (QED) is 0.921. The average Bonchev–Trinajstić information content (AvgIpc) is 2.90. The summed E-state index contributed by atoms with van der Waals surface area (Å²) in [6.07, 6.45) is -3.98. The number of nitrogens with zero attached hydrogens (tertiary/aromatic N) is 4. The van der Waals surface area contributed by atoms with E-state index in [4.69, 9.17) is 0 Å². The molecule has 0 radical (unpaired) electrons. The number of amides is 1. The molecule has 22 heavy (non-hydrogen) atoms. The van der Waals surface area contributed by atoms with Gasteiger partial charge in [0.25, 0.3) is 11.5 Å². The molecular weight excluding hydrogens is 323 g/mol. The Morgan fingerprint density at radius 2 is 2.09 bits per heavy atom. The molecule has 0 aliphatic heterocycles. The van der Waals surface area contributed by atoms with Crippen molar-refractivity contribution in [2.24, 2.45) is 0 Å². The first-order valence-corrected chi connectivity index (χ1v) is 6.93. The van der Waals surface area contributed by atoms with E-state index < -0.39 is 17.1 Å². The molecule has 0 aromatic carbocycles. The van der Waals surface area contributed by atoms with E-state index in [-0.39, 0.29) is 27.7 Å². The van der Waals surface area contributed by atoms with Gasteiger partial charge in [0, 0.05) is 12.6 Å². The molecule has 0 saturated carbocycles. The zero-order valence-electron chi connectivity index (χ0n) is 11.2. The number of carbonyl (C=O) groups excluding carboxylic acids is 1. The third-order valence-corrected chi connectivity index (χ3v) is 3.31. The van der Waals surface area contributed by atoms with Gasteiger partial charge in [-0.15, -0.1) is 10.2 Å². The second kappa shape index (κ2) is 6.22. The van der Waals surface area contributed by atoms with E-state index in [1.54, 1.807) is 0 Å². The average molecular weight is 333 g/mol. The zero-order valence-corrected chi connectivity index (χ0v) is 12.0. The zero-order chi connectivity index (χ0) is 16.3. The standard InChI is InChI=1S/C11H10F3N5O2S/c1-2-5-19-7(20)4-3-6(18-19)8(21)15-10-17-16-9(22-10)11(12,13)14/h3-4H,2,5H2,1H3,(H,15,17,21). The molecule has 0 unspecified atom stereocenters. The van der Waals surface area contributed by atoms with Crippen LogP contribution in [0.15, 0.2) is 16.9 Å². The Labute approximate surface area is 125 Å². The highest BCUT2D eigenvalue weighted by Crippen LogP contribution is 2.32. The van der Waals surface area contributed by atoms with Gasteiger partial charge in [-0.1, -0.05) is 18.3 Å². The topological polar surface area (TPSA) is 89.8 Å². The van der Waals surface area contributed by atoms with Crippen LogP contribution in [0.1, 0.15) is 28.8 Å². The maximum Gasteiger partial charge on any atom is 0.445 e. The lowest BCUT2D eigenvalue weighted by atomic mass is 10.3. The number of rotatable bonds is 4. The molecule has 0 spiro atoms. The number of alkyl halides is 3. The Balaban J connectivity index is 2.17. The lowest BCUT2D eigenvalue weighted by Crippen LogP contribution is -2.26. The summed E-state index contributed by atoms with van der Waals surface area (Å²) in [7, 11) is 0. The second-order valence-electron chi connectivity index (χ2n) is 4.14. The highest BCUT2D eigenvalue weighted by atomic mass is 32.1. The van der Waals surface area contributed by atoms with Gasteiger partial charge < -0.3 is 0 Å². The van der Waals surface area contributed by atoms with Gasteiger partial charge in [-0.2, -0.15) is 18.3 Å². The molecule has 0 aliphatic rings. The number of carbonyl (C=O) groups is 1. The first-order valence-electron chi connectivity index (χ1n) is 6.11. The summed E-state index contributed by atoms with van der Waals surface area (Å²) in [4.78, 5) is 23.4. The van der Waals surface area contributed by atoms with Crippen LogP contribution in [-0.2, 0) is 12.7 Å². The van der Waals surface area contributed by atoms with Gasteiger partial charge in [-0.25, -0.2) is 4.68 Å². The predicted molar refractivity (Wildman–Crippen MR) is 71.7 cm³/mol. The summed E-state index contributed by atoms with van der Waals surface area (Å²) in [5.41, 5.74) is -0.467. The lowest BCUT2D eigenvalue weighted by Gasteiger charge is -2.05. The molecule has 1 amide bonds. The predicted octanol–water partition coefficient (Wildman–Crippen LogP) is 1.78. The van der Waals surface area contributed by atoms with E-state index in [0.717, 1.165) is 4.68 Å². The molecular formula is C11H10F3N5O2S. The summed E-state index contributed by atoms with van der Waals surface area (Å²) in [6, 6.07) is 2.36. The smallest absolute Gasteiger partial charge is 0.295 e. The number of hydrogen-bond donors (Lipinski definition) is 1. The summed E-state index contributed by atoms with van der Waals surface area (Å²) < 4.78 is 38.3. The molecule has 2 rings (SSSR count). The van der Waals surface area contributed by atoms with Crippen molar-refractivity contribution in [2.45, 2.75) is 26.1 Å². The van der Waals surface area contributed by atoms with Crippen LogP contribution in [0.2, 0.25) is 0 Å². The minimum absolute atomic E-state index is 0.100.